The van der Waals surface area contributed by atoms with E-state index in [1.807, 2.05) is 0 Å². The van der Waals surface area contributed by atoms with Gasteiger partial charge in [0.1, 0.15) is 0 Å². The van der Waals surface area contributed by atoms with Gasteiger partial charge in [0.2, 0.25) is 0 Å². The molecular formula is C18H27BrN2. The van der Waals surface area contributed by atoms with Gasteiger partial charge in [0, 0.05) is 10.5 Å². The average molecular weight is 351 g/mol. The van der Waals surface area contributed by atoms with Crippen molar-refractivity contribution in [3.05, 3.63) is 34.3 Å². The number of fused-ring (bicyclic) bond motifs is 1. The lowest BCUT2D eigenvalue weighted by molar-refractivity contribution is 0.109. The van der Waals surface area contributed by atoms with Crippen molar-refractivity contribution in [2.45, 2.75) is 57.4 Å². The van der Waals surface area contributed by atoms with Crippen LogP contribution in [0.3, 0.4) is 0 Å². The van der Waals surface area contributed by atoms with Crippen LogP contribution in [0.4, 0.5) is 0 Å². The molecule has 1 aromatic rings. The number of nitrogens with two attached hydrogens (primary N) is 1. The molecule has 3 N–H and O–H groups in total. The van der Waals surface area contributed by atoms with Crippen LogP contribution < -0.4 is 11.3 Å². The van der Waals surface area contributed by atoms with Crippen LogP contribution in [-0.2, 0) is 6.42 Å². The molecule has 1 aromatic carbocycles. The van der Waals surface area contributed by atoms with Gasteiger partial charge in [0.15, 0.2) is 0 Å². The molecular weight excluding hydrogens is 324 g/mol. The molecule has 0 amide bonds. The van der Waals surface area contributed by atoms with Crippen molar-refractivity contribution in [1.82, 2.24) is 5.43 Å². The molecule has 0 spiro atoms. The second kappa shape index (κ2) is 7.26. The minimum atomic E-state index is 0.409. The normalized spacial score (nSPS) is 30.7. The molecule has 0 bridgehead atoms. The first-order valence-corrected chi connectivity index (χ1v) is 9.26. The van der Waals surface area contributed by atoms with Gasteiger partial charge in [-0.25, -0.2) is 0 Å². The first-order valence-electron chi connectivity index (χ1n) is 8.47. The van der Waals surface area contributed by atoms with E-state index in [-0.39, 0.29) is 0 Å². The van der Waals surface area contributed by atoms with E-state index in [1.165, 1.54) is 55.0 Å². The summed E-state index contributed by atoms with van der Waals surface area (Å²) in [6.45, 7) is 0. The lowest BCUT2D eigenvalue weighted by Crippen LogP contribution is -2.45. The molecule has 2 aliphatic rings. The van der Waals surface area contributed by atoms with Gasteiger partial charge in [0.25, 0.3) is 0 Å². The largest absolute Gasteiger partial charge is 0.271 e. The van der Waals surface area contributed by atoms with Crippen molar-refractivity contribution in [3.8, 4) is 0 Å². The molecule has 2 nitrogen and oxygen atoms in total. The lowest BCUT2D eigenvalue weighted by Gasteiger charge is -2.42. The van der Waals surface area contributed by atoms with Crippen molar-refractivity contribution in [2.24, 2.45) is 23.6 Å². The summed E-state index contributed by atoms with van der Waals surface area (Å²) in [5, 5.41) is 0. The molecule has 2 fully saturated rings. The van der Waals surface area contributed by atoms with Crippen LogP contribution in [0, 0.1) is 17.8 Å². The summed E-state index contributed by atoms with van der Waals surface area (Å²) in [5.74, 6) is 8.62. The maximum Gasteiger partial charge on any atom is 0.0279 e. The van der Waals surface area contributed by atoms with Gasteiger partial charge in [-0.1, -0.05) is 59.8 Å². The summed E-state index contributed by atoms with van der Waals surface area (Å²) in [5.41, 5.74) is 4.49. The Morgan fingerprint density at radius 1 is 1.10 bits per heavy atom. The molecule has 3 rings (SSSR count). The Morgan fingerprint density at radius 2 is 1.86 bits per heavy atom. The zero-order valence-electron chi connectivity index (χ0n) is 12.7. The minimum absolute atomic E-state index is 0.409. The van der Waals surface area contributed by atoms with Crippen LogP contribution in [0.25, 0.3) is 0 Å². The maximum absolute atomic E-state index is 5.90. The van der Waals surface area contributed by atoms with Gasteiger partial charge in [-0.2, -0.15) is 0 Å². The molecule has 2 saturated carbocycles. The number of halogens is 1. The summed E-state index contributed by atoms with van der Waals surface area (Å²) in [6.07, 6.45) is 11.0. The van der Waals surface area contributed by atoms with Crippen LogP contribution in [0.2, 0.25) is 0 Å². The highest BCUT2D eigenvalue weighted by Crippen LogP contribution is 2.43. The van der Waals surface area contributed by atoms with Crippen LogP contribution in [0.15, 0.2) is 28.7 Å². The van der Waals surface area contributed by atoms with Gasteiger partial charge in [0.05, 0.1) is 0 Å². The number of hydrazine groups is 1. The monoisotopic (exact) mass is 350 g/mol. The molecule has 4 unspecified atom stereocenters. The van der Waals surface area contributed by atoms with Crippen molar-refractivity contribution < 1.29 is 0 Å². The third-order valence-electron chi connectivity index (χ3n) is 5.76. The zero-order chi connectivity index (χ0) is 14.7. The predicted molar refractivity (Wildman–Crippen MR) is 91.7 cm³/mol. The molecule has 116 valence electrons. The van der Waals surface area contributed by atoms with Crippen LogP contribution in [-0.4, -0.2) is 6.04 Å². The molecule has 4 atom stereocenters. The highest BCUT2D eigenvalue weighted by molar-refractivity contribution is 9.10. The Kier molecular flexibility index (Phi) is 5.36. The van der Waals surface area contributed by atoms with E-state index in [0.29, 0.717) is 6.04 Å². The van der Waals surface area contributed by atoms with Crippen molar-refractivity contribution in [2.75, 3.05) is 0 Å². The Bertz CT molecular complexity index is 462. The molecule has 3 heteroatoms. The number of benzene rings is 1. The third-order valence-corrected chi connectivity index (χ3v) is 6.53. The second-order valence-electron chi connectivity index (χ2n) is 6.95. The highest BCUT2D eigenvalue weighted by Gasteiger charge is 2.35. The first kappa shape index (κ1) is 15.5. The van der Waals surface area contributed by atoms with E-state index in [4.69, 9.17) is 5.84 Å². The number of nitrogens with one attached hydrogen (secondary N) is 1. The average Bonchev–Trinajstić information content (AvgIpc) is 2.54. The van der Waals surface area contributed by atoms with Gasteiger partial charge < -0.3 is 0 Å². The van der Waals surface area contributed by atoms with Crippen molar-refractivity contribution in [1.29, 1.82) is 0 Å². The number of rotatable bonds is 4. The van der Waals surface area contributed by atoms with E-state index in [2.05, 4.69) is 45.6 Å². The van der Waals surface area contributed by atoms with E-state index in [0.717, 1.165) is 24.2 Å². The fourth-order valence-electron chi connectivity index (χ4n) is 4.54. The van der Waals surface area contributed by atoms with Gasteiger partial charge in [-0.05, 0) is 55.1 Å². The predicted octanol–water partition coefficient (Wildman–Crippen LogP) is 4.43. The van der Waals surface area contributed by atoms with Crippen LogP contribution in [0.5, 0.6) is 0 Å². The smallest absolute Gasteiger partial charge is 0.0279 e. The van der Waals surface area contributed by atoms with Crippen molar-refractivity contribution >= 4 is 15.9 Å². The molecule has 0 heterocycles. The summed E-state index contributed by atoms with van der Waals surface area (Å²) in [6, 6.07) is 8.94. The second-order valence-corrected chi connectivity index (χ2v) is 7.80. The molecule has 0 saturated heterocycles. The maximum atomic E-state index is 5.90. The Hall–Kier alpha value is -0.380. The molecule has 21 heavy (non-hydrogen) atoms. The molecule has 0 radical (unpaired) electrons. The van der Waals surface area contributed by atoms with Gasteiger partial charge in [-0.15, -0.1) is 0 Å². The molecule has 0 aromatic heterocycles. The third kappa shape index (κ3) is 3.69. The quantitative estimate of drug-likeness (QED) is 0.622. The summed E-state index contributed by atoms with van der Waals surface area (Å²) in [4.78, 5) is 0. The summed E-state index contributed by atoms with van der Waals surface area (Å²) in [7, 11) is 0. The first-order chi connectivity index (χ1) is 10.3. The van der Waals surface area contributed by atoms with E-state index in [1.54, 1.807) is 0 Å². The standard InChI is InChI=1S/C18H27BrN2/c19-17-8-4-3-7-15(17)12-18(21-20)16-10-9-13-5-1-2-6-14(13)11-16/h3-4,7-8,13-14,16,18,21H,1-2,5-6,9-12,20H2. The number of hydrogen-bond acceptors (Lipinski definition) is 2. The molecule has 2 aliphatic carbocycles. The van der Waals surface area contributed by atoms with Crippen LogP contribution in [0.1, 0.15) is 50.5 Å². The van der Waals surface area contributed by atoms with E-state index >= 15 is 0 Å². The van der Waals surface area contributed by atoms with E-state index < -0.39 is 0 Å². The lowest BCUT2D eigenvalue weighted by atomic mass is 9.65. The fourth-order valence-corrected chi connectivity index (χ4v) is 4.98. The van der Waals surface area contributed by atoms with Gasteiger partial charge in [-0.3, -0.25) is 11.3 Å². The van der Waals surface area contributed by atoms with Crippen molar-refractivity contribution in [3.63, 3.8) is 0 Å². The zero-order valence-corrected chi connectivity index (χ0v) is 14.3. The SMILES string of the molecule is NNC(Cc1ccccc1Br)C1CCC2CCCCC2C1. The Morgan fingerprint density at radius 3 is 2.62 bits per heavy atom. The van der Waals surface area contributed by atoms with E-state index in [9.17, 15) is 0 Å². The fraction of sp³-hybridized carbons (Fsp3) is 0.667. The summed E-state index contributed by atoms with van der Waals surface area (Å²) < 4.78 is 1.21. The van der Waals surface area contributed by atoms with Crippen LogP contribution >= 0.6 is 15.9 Å². The highest BCUT2D eigenvalue weighted by atomic mass is 79.9. The minimum Gasteiger partial charge on any atom is -0.271 e. The number of hydrogen-bond donors (Lipinski definition) is 2. The Labute approximate surface area is 137 Å². The molecule has 0 aliphatic heterocycles. The topological polar surface area (TPSA) is 38.0 Å². The van der Waals surface area contributed by atoms with Gasteiger partial charge >= 0.3 is 0 Å². The Balaban J connectivity index is 1.65. The summed E-state index contributed by atoms with van der Waals surface area (Å²) >= 11 is 3.66.